The molecule has 0 fully saturated rings. The summed E-state index contributed by atoms with van der Waals surface area (Å²) in [5.74, 6) is -0.128. The van der Waals surface area contributed by atoms with Gasteiger partial charge in [-0.25, -0.2) is 8.42 Å². The summed E-state index contributed by atoms with van der Waals surface area (Å²) < 4.78 is 33.0. The smallest absolute Gasteiger partial charge is 0.264 e. The minimum absolute atomic E-state index is 0.0785. The van der Waals surface area contributed by atoms with E-state index in [1.807, 2.05) is 6.07 Å². The fraction of sp³-hybridized carbons (Fsp3) is 0.136. The number of nitrogens with zero attached hydrogens (tertiary/aromatic N) is 1. The van der Waals surface area contributed by atoms with Crippen LogP contribution in [0.1, 0.15) is 5.56 Å². The molecule has 8 heteroatoms. The predicted molar refractivity (Wildman–Crippen MR) is 117 cm³/mol. The normalized spacial score (nSPS) is 11.0. The highest BCUT2D eigenvalue weighted by Gasteiger charge is 2.29. The highest BCUT2D eigenvalue weighted by molar-refractivity contribution is 7.92. The standard InChI is InChI=1S/C22H21ClN2O4S/c1-29-21-14-8-7-13-20(21)25(30(27,28)18-10-3-2-4-11-18)16-22(26)24-15-17-9-5-6-12-19(17)23/h2-14H,15-16H2,1H3,(H,24,26). The molecule has 0 radical (unpaired) electrons. The second kappa shape index (κ2) is 9.65. The Morgan fingerprint density at radius 2 is 1.60 bits per heavy atom. The predicted octanol–water partition coefficient (Wildman–Crippen LogP) is 3.86. The van der Waals surface area contributed by atoms with Crippen LogP contribution in [0.5, 0.6) is 5.75 Å². The molecule has 0 heterocycles. The number of anilines is 1. The summed E-state index contributed by atoms with van der Waals surface area (Å²) in [4.78, 5) is 12.8. The number of ether oxygens (including phenoxy) is 1. The summed E-state index contributed by atoms with van der Waals surface area (Å²) in [6.45, 7) is -0.230. The van der Waals surface area contributed by atoms with Gasteiger partial charge in [0.1, 0.15) is 12.3 Å². The van der Waals surface area contributed by atoms with E-state index in [0.29, 0.717) is 10.8 Å². The fourth-order valence-corrected chi connectivity index (χ4v) is 4.53. The van der Waals surface area contributed by atoms with E-state index < -0.39 is 22.5 Å². The number of carbonyl (C=O) groups is 1. The Labute approximate surface area is 181 Å². The average Bonchev–Trinajstić information content (AvgIpc) is 2.77. The number of rotatable bonds is 8. The summed E-state index contributed by atoms with van der Waals surface area (Å²) in [5.41, 5.74) is 1.01. The van der Waals surface area contributed by atoms with E-state index in [-0.39, 0.29) is 17.1 Å². The van der Waals surface area contributed by atoms with E-state index in [4.69, 9.17) is 16.3 Å². The highest BCUT2D eigenvalue weighted by atomic mass is 35.5. The molecule has 1 N–H and O–H groups in total. The Morgan fingerprint density at radius 3 is 2.30 bits per heavy atom. The Balaban J connectivity index is 1.90. The molecule has 6 nitrogen and oxygen atoms in total. The number of methoxy groups -OCH3 is 1. The van der Waals surface area contributed by atoms with Crippen LogP contribution in [0.15, 0.2) is 83.8 Å². The third-order valence-electron chi connectivity index (χ3n) is 4.41. The molecule has 0 unspecified atom stereocenters. The number of hydrogen-bond acceptors (Lipinski definition) is 4. The van der Waals surface area contributed by atoms with E-state index >= 15 is 0 Å². The molecule has 1 amide bonds. The molecular weight excluding hydrogens is 424 g/mol. The van der Waals surface area contributed by atoms with Gasteiger partial charge in [0.05, 0.1) is 17.7 Å². The van der Waals surface area contributed by atoms with Gasteiger partial charge >= 0.3 is 0 Å². The van der Waals surface area contributed by atoms with Gasteiger partial charge in [-0.1, -0.05) is 60.1 Å². The molecule has 3 aromatic rings. The lowest BCUT2D eigenvalue weighted by Gasteiger charge is -2.25. The van der Waals surface area contributed by atoms with Crippen molar-refractivity contribution in [2.45, 2.75) is 11.4 Å². The minimum Gasteiger partial charge on any atom is -0.495 e. The molecule has 0 bridgehead atoms. The summed E-state index contributed by atoms with van der Waals surface area (Å²) in [7, 11) is -2.56. The number of benzene rings is 3. The monoisotopic (exact) mass is 444 g/mol. The lowest BCUT2D eigenvalue weighted by Crippen LogP contribution is -2.40. The molecule has 0 aliphatic rings. The van der Waals surface area contributed by atoms with Crippen molar-refractivity contribution in [2.75, 3.05) is 18.0 Å². The molecule has 0 atom stereocenters. The van der Waals surface area contributed by atoms with Crippen LogP contribution < -0.4 is 14.4 Å². The number of nitrogens with one attached hydrogen (secondary N) is 1. The Hall–Kier alpha value is -3.03. The van der Waals surface area contributed by atoms with Crippen molar-refractivity contribution in [1.82, 2.24) is 5.32 Å². The van der Waals surface area contributed by atoms with E-state index in [1.165, 1.54) is 19.2 Å². The van der Waals surface area contributed by atoms with Crippen molar-refractivity contribution in [3.05, 3.63) is 89.4 Å². The highest BCUT2D eigenvalue weighted by Crippen LogP contribution is 2.32. The lowest BCUT2D eigenvalue weighted by atomic mass is 10.2. The maximum atomic E-state index is 13.3. The zero-order chi connectivity index (χ0) is 21.6. The molecular formula is C22H21ClN2O4S. The third-order valence-corrected chi connectivity index (χ3v) is 6.55. The number of halogens is 1. The third kappa shape index (κ3) is 4.93. The number of para-hydroxylation sites is 2. The Morgan fingerprint density at radius 1 is 0.967 bits per heavy atom. The molecule has 0 aliphatic heterocycles. The van der Waals surface area contributed by atoms with Gasteiger partial charge in [-0.15, -0.1) is 0 Å². The number of amides is 1. The van der Waals surface area contributed by atoms with E-state index in [9.17, 15) is 13.2 Å². The molecule has 0 aliphatic carbocycles. The van der Waals surface area contributed by atoms with Crippen LogP contribution in [-0.2, 0) is 21.4 Å². The van der Waals surface area contributed by atoms with Gasteiger partial charge in [0.15, 0.2) is 0 Å². The summed E-state index contributed by atoms with van der Waals surface area (Å²) in [6.07, 6.45) is 0. The minimum atomic E-state index is -4.01. The van der Waals surface area contributed by atoms with E-state index in [2.05, 4.69) is 5.32 Å². The molecule has 30 heavy (non-hydrogen) atoms. The van der Waals surface area contributed by atoms with Gasteiger partial charge in [-0.3, -0.25) is 9.10 Å². The first-order valence-electron chi connectivity index (χ1n) is 9.14. The van der Waals surface area contributed by atoms with Crippen molar-refractivity contribution in [3.63, 3.8) is 0 Å². The van der Waals surface area contributed by atoms with Crippen LogP contribution in [0.3, 0.4) is 0 Å². The molecule has 0 spiro atoms. The van der Waals surface area contributed by atoms with Crippen molar-refractivity contribution in [1.29, 1.82) is 0 Å². The summed E-state index contributed by atoms with van der Waals surface area (Å²) in [5, 5.41) is 3.26. The number of carbonyl (C=O) groups excluding carboxylic acids is 1. The molecule has 0 saturated carbocycles. The summed E-state index contributed by atoms with van der Waals surface area (Å²) >= 11 is 6.13. The van der Waals surface area contributed by atoms with Gasteiger partial charge < -0.3 is 10.1 Å². The first-order chi connectivity index (χ1) is 14.4. The van der Waals surface area contributed by atoms with Crippen LogP contribution in [0, 0.1) is 0 Å². The topological polar surface area (TPSA) is 75.7 Å². The number of sulfonamides is 1. The zero-order valence-corrected chi connectivity index (χ0v) is 17.9. The van der Waals surface area contributed by atoms with Crippen molar-refractivity contribution < 1.29 is 17.9 Å². The van der Waals surface area contributed by atoms with Crippen LogP contribution in [0.25, 0.3) is 0 Å². The first kappa shape index (κ1) is 21.7. The first-order valence-corrected chi connectivity index (χ1v) is 11.0. The van der Waals surface area contributed by atoms with Crippen molar-refractivity contribution in [3.8, 4) is 5.75 Å². The Bertz CT molecular complexity index is 1120. The van der Waals surface area contributed by atoms with Gasteiger partial charge in [0.2, 0.25) is 5.91 Å². The number of hydrogen-bond donors (Lipinski definition) is 1. The fourth-order valence-electron chi connectivity index (χ4n) is 2.88. The maximum absolute atomic E-state index is 13.3. The van der Waals surface area contributed by atoms with E-state index in [1.54, 1.807) is 60.7 Å². The molecule has 0 saturated heterocycles. The zero-order valence-electron chi connectivity index (χ0n) is 16.3. The Kier molecular flexibility index (Phi) is 6.97. The second-order valence-electron chi connectivity index (χ2n) is 6.36. The average molecular weight is 445 g/mol. The lowest BCUT2D eigenvalue weighted by molar-refractivity contribution is -0.119. The molecule has 3 aromatic carbocycles. The SMILES string of the molecule is COc1ccccc1N(CC(=O)NCc1ccccc1Cl)S(=O)(=O)c1ccccc1. The van der Waals surface area contributed by atoms with Gasteiger partial charge in [0, 0.05) is 11.6 Å². The largest absolute Gasteiger partial charge is 0.495 e. The van der Waals surface area contributed by atoms with Crippen LogP contribution >= 0.6 is 11.6 Å². The molecule has 3 rings (SSSR count). The van der Waals surface area contributed by atoms with Crippen molar-refractivity contribution in [2.24, 2.45) is 0 Å². The van der Waals surface area contributed by atoms with Crippen molar-refractivity contribution >= 4 is 33.2 Å². The van der Waals surface area contributed by atoms with Crippen LogP contribution in [0.4, 0.5) is 5.69 Å². The second-order valence-corrected chi connectivity index (χ2v) is 8.63. The van der Waals surface area contributed by atoms with E-state index in [0.717, 1.165) is 9.87 Å². The van der Waals surface area contributed by atoms with Gasteiger partial charge in [-0.05, 0) is 35.9 Å². The summed E-state index contributed by atoms with van der Waals surface area (Å²) in [6, 6.07) is 21.7. The van der Waals surface area contributed by atoms with Crippen LogP contribution in [0.2, 0.25) is 5.02 Å². The quantitative estimate of drug-likeness (QED) is 0.572. The van der Waals surface area contributed by atoms with Gasteiger partial charge in [0.25, 0.3) is 10.0 Å². The molecule has 156 valence electrons. The maximum Gasteiger partial charge on any atom is 0.264 e. The van der Waals surface area contributed by atoms with Crippen LogP contribution in [-0.4, -0.2) is 28.0 Å². The molecule has 0 aromatic heterocycles. The van der Waals surface area contributed by atoms with Gasteiger partial charge in [-0.2, -0.15) is 0 Å².